The first kappa shape index (κ1) is 11.9. The second-order valence-corrected chi connectivity index (χ2v) is 6.45. The number of sulfone groups is 1. The Labute approximate surface area is 85.6 Å². The van der Waals surface area contributed by atoms with Crippen LogP contribution in [0.5, 0.6) is 0 Å². The Balaban J connectivity index is 2.37. The van der Waals surface area contributed by atoms with Gasteiger partial charge in [-0.15, -0.1) is 0 Å². The molecule has 0 radical (unpaired) electrons. The summed E-state index contributed by atoms with van der Waals surface area (Å²) in [5.41, 5.74) is 0. The molecule has 0 amide bonds. The van der Waals surface area contributed by atoms with Crippen molar-refractivity contribution in [2.75, 3.05) is 12.0 Å². The summed E-state index contributed by atoms with van der Waals surface area (Å²) >= 11 is 0. The van der Waals surface area contributed by atoms with E-state index in [0.717, 1.165) is 19.3 Å². The van der Waals surface area contributed by atoms with Gasteiger partial charge in [-0.3, -0.25) is 0 Å². The van der Waals surface area contributed by atoms with Crippen LogP contribution in [0.15, 0.2) is 0 Å². The summed E-state index contributed by atoms with van der Waals surface area (Å²) in [6.07, 6.45) is 3.70. The molecule has 1 unspecified atom stereocenters. The van der Waals surface area contributed by atoms with E-state index in [0.29, 0.717) is 0 Å². The zero-order valence-corrected chi connectivity index (χ0v) is 9.55. The molecule has 0 aromatic rings. The highest BCUT2D eigenvalue weighted by Crippen LogP contribution is 2.19. The van der Waals surface area contributed by atoms with Gasteiger partial charge in [-0.2, -0.15) is 0 Å². The van der Waals surface area contributed by atoms with Gasteiger partial charge in [0.2, 0.25) is 0 Å². The molecule has 0 aliphatic heterocycles. The van der Waals surface area contributed by atoms with Gasteiger partial charge in [0.1, 0.15) is 9.84 Å². The van der Waals surface area contributed by atoms with Crippen LogP contribution in [0, 0.1) is 0 Å². The zero-order valence-electron chi connectivity index (χ0n) is 8.73. The fourth-order valence-electron chi connectivity index (χ4n) is 2.00. The maximum Gasteiger partial charge on any atom is 0.148 e. The average molecular weight is 221 g/mol. The highest BCUT2D eigenvalue weighted by molar-refractivity contribution is 7.90. The average Bonchev–Trinajstić information content (AvgIpc) is 2.32. The number of hydrogen-bond acceptors (Lipinski definition) is 4. The molecule has 1 saturated carbocycles. The second-order valence-electron chi connectivity index (χ2n) is 4.26. The third kappa shape index (κ3) is 3.94. The molecule has 1 aliphatic rings. The van der Waals surface area contributed by atoms with Crippen molar-refractivity contribution >= 4 is 9.84 Å². The predicted molar refractivity (Wildman–Crippen MR) is 56.0 cm³/mol. The second kappa shape index (κ2) is 4.59. The lowest BCUT2D eigenvalue weighted by molar-refractivity contribution is 0.145. The van der Waals surface area contributed by atoms with Gasteiger partial charge in [-0.1, -0.05) is 0 Å². The number of hydrogen-bond donors (Lipinski definition) is 2. The minimum absolute atomic E-state index is 0.0757. The lowest BCUT2D eigenvalue weighted by Gasteiger charge is -2.21. The van der Waals surface area contributed by atoms with Crippen molar-refractivity contribution in [3.05, 3.63) is 0 Å². The van der Waals surface area contributed by atoms with Crippen molar-refractivity contribution in [3.63, 3.8) is 0 Å². The summed E-state index contributed by atoms with van der Waals surface area (Å²) in [6, 6.07) is -0.00509. The van der Waals surface area contributed by atoms with E-state index < -0.39 is 9.84 Å². The topological polar surface area (TPSA) is 66.4 Å². The summed E-state index contributed by atoms with van der Waals surface area (Å²) < 4.78 is 22.0. The van der Waals surface area contributed by atoms with Crippen LogP contribution in [0.25, 0.3) is 0 Å². The molecule has 0 aromatic carbocycles. The van der Waals surface area contributed by atoms with Crippen LogP contribution in [0.4, 0.5) is 0 Å². The van der Waals surface area contributed by atoms with Crippen LogP contribution in [0.3, 0.4) is 0 Å². The minimum Gasteiger partial charge on any atom is -0.392 e. The smallest absolute Gasteiger partial charge is 0.148 e. The van der Waals surface area contributed by atoms with Gasteiger partial charge in [0.15, 0.2) is 0 Å². The van der Waals surface area contributed by atoms with Crippen molar-refractivity contribution < 1.29 is 13.5 Å². The number of aliphatic hydroxyl groups is 1. The monoisotopic (exact) mass is 221 g/mol. The predicted octanol–water partition coefficient (Wildman–Crippen LogP) is -0.0775. The van der Waals surface area contributed by atoms with Crippen molar-refractivity contribution in [1.29, 1.82) is 0 Å². The fraction of sp³-hybridized carbons (Fsp3) is 1.00. The minimum atomic E-state index is -2.93. The molecule has 0 aromatic heterocycles. The molecular formula is C9H19NO3S. The Kier molecular flexibility index (Phi) is 3.92. The molecule has 1 fully saturated rings. The Morgan fingerprint density at radius 1 is 1.50 bits per heavy atom. The van der Waals surface area contributed by atoms with E-state index in [4.69, 9.17) is 0 Å². The summed E-state index contributed by atoms with van der Waals surface area (Å²) in [5, 5.41) is 12.7. The molecule has 2 N–H and O–H groups in total. The molecule has 1 aliphatic carbocycles. The van der Waals surface area contributed by atoms with Crippen molar-refractivity contribution in [1.82, 2.24) is 5.32 Å². The lowest BCUT2D eigenvalue weighted by Crippen LogP contribution is -2.44. The molecule has 4 nitrogen and oxygen atoms in total. The van der Waals surface area contributed by atoms with Gasteiger partial charge in [-0.25, -0.2) is 8.42 Å². The van der Waals surface area contributed by atoms with E-state index in [-0.39, 0.29) is 23.9 Å². The van der Waals surface area contributed by atoms with Crippen LogP contribution in [0.2, 0.25) is 0 Å². The molecule has 84 valence electrons. The zero-order chi connectivity index (χ0) is 10.8. The van der Waals surface area contributed by atoms with E-state index in [2.05, 4.69) is 5.32 Å². The maximum absolute atomic E-state index is 11.0. The van der Waals surface area contributed by atoms with Crippen LogP contribution in [-0.2, 0) is 9.84 Å². The third-order valence-electron chi connectivity index (χ3n) is 2.53. The molecular weight excluding hydrogens is 202 g/mol. The van der Waals surface area contributed by atoms with Crippen LogP contribution in [0.1, 0.15) is 26.2 Å². The number of nitrogens with one attached hydrogen (secondary N) is 1. The molecule has 3 atom stereocenters. The quantitative estimate of drug-likeness (QED) is 0.697. The van der Waals surface area contributed by atoms with Gasteiger partial charge < -0.3 is 10.4 Å². The number of rotatable bonds is 4. The van der Waals surface area contributed by atoms with Gasteiger partial charge >= 0.3 is 0 Å². The first-order valence-corrected chi connectivity index (χ1v) is 7.06. The van der Waals surface area contributed by atoms with E-state index in [9.17, 15) is 13.5 Å². The summed E-state index contributed by atoms with van der Waals surface area (Å²) in [5.74, 6) is 0.135. The summed E-state index contributed by atoms with van der Waals surface area (Å²) in [6.45, 7) is 1.84. The third-order valence-corrected chi connectivity index (χ3v) is 3.64. The van der Waals surface area contributed by atoms with E-state index in [1.165, 1.54) is 6.26 Å². The van der Waals surface area contributed by atoms with E-state index in [1.807, 2.05) is 6.92 Å². The molecule has 0 spiro atoms. The van der Waals surface area contributed by atoms with Gasteiger partial charge in [0.05, 0.1) is 11.9 Å². The van der Waals surface area contributed by atoms with E-state index in [1.54, 1.807) is 0 Å². The molecule has 0 heterocycles. The Morgan fingerprint density at radius 3 is 2.57 bits per heavy atom. The molecule has 14 heavy (non-hydrogen) atoms. The number of aliphatic hydroxyl groups excluding tert-OH is 1. The molecule has 1 rings (SSSR count). The standard InChI is InChI=1S/C9H19NO3S/c1-7(6-14(2,12)13)10-8-4-3-5-9(8)11/h7-11H,3-6H2,1-2H3/t7?,8-,9-/m1/s1. The molecule has 0 bridgehead atoms. The highest BCUT2D eigenvalue weighted by atomic mass is 32.2. The Bertz CT molecular complexity index is 276. The van der Waals surface area contributed by atoms with Crippen LogP contribution >= 0.6 is 0 Å². The highest BCUT2D eigenvalue weighted by Gasteiger charge is 2.26. The van der Waals surface area contributed by atoms with Gasteiger partial charge in [0, 0.05) is 18.3 Å². The molecule has 5 heteroatoms. The van der Waals surface area contributed by atoms with Crippen molar-refractivity contribution in [3.8, 4) is 0 Å². The van der Waals surface area contributed by atoms with E-state index >= 15 is 0 Å². The Morgan fingerprint density at radius 2 is 2.14 bits per heavy atom. The van der Waals surface area contributed by atoms with Crippen LogP contribution in [-0.4, -0.2) is 43.7 Å². The Hall–Kier alpha value is -0.130. The lowest BCUT2D eigenvalue weighted by atomic mass is 10.2. The maximum atomic E-state index is 11.0. The summed E-state index contributed by atoms with van der Waals surface area (Å²) in [4.78, 5) is 0. The largest absolute Gasteiger partial charge is 0.392 e. The SMILES string of the molecule is CC(CS(C)(=O)=O)N[C@@H]1CCC[C@H]1O. The first-order chi connectivity index (χ1) is 6.38. The van der Waals surface area contributed by atoms with Crippen molar-refractivity contribution in [2.45, 2.75) is 44.4 Å². The van der Waals surface area contributed by atoms with Gasteiger partial charge in [0.25, 0.3) is 0 Å². The van der Waals surface area contributed by atoms with Crippen LogP contribution < -0.4 is 5.32 Å². The first-order valence-electron chi connectivity index (χ1n) is 5.00. The summed E-state index contributed by atoms with van der Waals surface area (Å²) in [7, 11) is -2.93. The molecule has 0 saturated heterocycles. The van der Waals surface area contributed by atoms with Gasteiger partial charge in [-0.05, 0) is 26.2 Å². The van der Waals surface area contributed by atoms with Crippen molar-refractivity contribution in [2.24, 2.45) is 0 Å². The fourth-order valence-corrected chi connectivity index (χ4v) is 3.01. The normalized spacial score (nSPS) is 30.5.